The molecular formula is C13H16N2O. The minimum Gasteiger partial charge on any atom is -0.469 e. The normalized spacial score (nSPS) is 33.9. The molecular weight excluding hydrogens is 200 g/mol. The van der Waals surface area contributed by atoms with E-state index in [1.807, 2.05) is 6.92 Å². The lowest BCUT2D eigenvalue weighted by atomic mass is 9.98. The van der Waals surface area contributed by atoms with Gasteiger partial charge >= 0.3 is 0 Å². The van der Waals surface area contributed by atoms with Crippen molar-refractivity contribution in [1.29, 1.82) is 0 Å². The minimum atomic E-state index is 0.121. The Bertz CT molecular complexity index is 418. The first kappa shape index (κ1) is 8.88. The number of piperidine rings is 1. The number of nitrogens with one attached hydrogen (secondary N) is 2. The average molecular weight is 216 g/mol. The van der Waals surface area contributed by atoms with Crippen LogP contribution >= 0.6 is 0 Å². The van der Waals surface area contributed by atoms with Crippen LogP contribution in [0.25, 0.3) is 0 Å². The molecule has 3 atom stereocenters. The van der Waals surface area contributed by atoms with E-state index in [1.165, 1.54) is 17.7 Å². The Morgan fingerprint density at radius 2 is 1.94 bits per heavy atom. The van der Waals surface area contributed by atoms with Gasteiger partial charge in [-0.15, -0.1) is 0 Å². The van der Waals surface area contributed by atoms with Crippen LogP contribution in [-0.4, -0.2) is 19.3 Å². The molecule has 0 aromatic heterocycles. The highest BCUT2D eigenvalue weighted by atomic mass is 16.5. The smallest absolute Gasteiger partial charge is 0.167 e. The van der Waals surface area contributed by atoms with E-state index >= 15 is 0 Å². The SMILES string of the molecule is CC1Nc2cc3c(cc2O1)C1CNCC3C1. The lowest BCUT2D eigenvalue weighted by Gasteiger charge is -2.19. The van der Waals surface area contributed by atoms with Crippen LogP contribution < -0.4 is 15.4 Å². The average Bonchev–Trinajstić information content (AvgIpc) is 2.76. The molecule has 2 N–H and O–H groups in total. The molecule has 16 heavy (non-hydrogen) atoms. The van der Waals surface area contributed by atoms with Crippen molar-refractivity contribution in [1.82, 2.24) is 5.32 Å². The van der Waals surface area contributed by atoms with Gasteiger partial charge in [-0.1, -0.05) is 0 Å². The zero-order valence-electron chi connectivity index (χ0n) is 9.42. The monoisotopic (exact) mass is 216 g/mol. The van der Waals surface area contributed by atoms with Gasteiger partial charge in [0.2, 0.25) is 0 Å². The Kier molecular flexibility index (Phi) is 1.62. The van der Waals surface area contributed by atoms with E-state index in [2.05, 4.69) is 22.8 Å². The highest BCUT2D eigenvalue weighted by molar-refractivity contribution is 5.65. The van der Waals surface area contributed by atoms with Crippen molar-refractivity contribution < 1.29 is 4.74 Å². The minimum absolute atomic E-state index is 0.121. The van der Waals surface area contributed by atoms with Gasteiger partial charge in [0, 0.05) is 13.1 Å². The molecule has 3 unspecified atom stereocenters. The van der Waals surface area contributed by atoms with Gasteiger partial charge in [-0.25, -0.2) is 0 Å². The number of anilines is 1. The zero-order chi connectivity index (χ0) is 10.7. The molecule has 3 aliphatic rings. The standard InChI is InChI=1S/C13H16N2O/c1-7-15-12-3-10-8-2-9(6-14-5-8)11(10)4-13(12)16-7/h3-4,7-9,14-15H,2,5-6H2,1H3. The van der Waals surface area contributed by atoms with Gasteiger partial charge in [-0.3, -0.25) is 0 Å². The molecule has 84 valence electrons. The number of ether oxygens (including phenoxy) is 1. The van der Waals surface area contributed by atoms with Gasteiger partial charge in [0.1, 0.15) is 5.75 Å². The van der Waals surface area contributed by atoms with E-state index in [0.717, 1.165) is 24.8 Å². The van der Waals surface area contributed by atoms with Gasteiger partial charge in [-0.2, -0.15) is 0 Å². The lowest BCUT2D eigenvalue weighted by molar-refractivity contribution is 0.274. The molecule has 3 heteroatoms. The number of fused-ring (bicyclic) bond motifs is 6. The fraction of sp³-hybridized carbons (Fsp3) is 0.538. The number of hydrogen-bond donors (Lipinski definition) is 2. The van der Waals surface area contributed by atoms with E-state index in [1.54, 1.807) is 5.56 Å². The van der Waals surface area contributed by atoms with Crippen molar-refractivity contribution in [2.45, 2.75) is 31.4 Å². The highest BCUT2D eigenvalue weighted by Crippen LogP contribution is 2.48. The van der Waals surface area contributed by atoms with Gasteiger partial charge in [0.15, 0.2) is 6.23 Å². The molecule has 2 aliphatic heterocycles. The van der Waals surface area contributed by atoms with Crippen molar-refractivity contribution >= 4 is 5.69 Å². The third-order valence-corrected chi connectivity index (χ3v) is 4.08. The van der Waals surface area contributed by atoms with Crippen LogP contribution in [0.5, 0.6) is 5.75 Å². The summed E-state index contributed by atoms with van der Waals surface area (Å²) in [5.74, 6) is 2.47. The van der Waals surface area contributed by atoms with Crippen LogP contribution in [0.2, 0.25) is 0 Å². The molecule has 1 aliphatic carbocycles. The summed E-state index contributed by atoms with van der Waals surface area (Å²) in [6.07, 6.45) is 1.44. The third kappa shape index (κ3) is 1.07. The Balaban J connectivity index is 1.86. The third-order valence-electron chi connectivity index (χ3n) is 4.08. The van der Waals surface area contributed by atoms with Gasteiger partial charge in [0.05, 0.1) is 5.69 Å². The molecule has 4 rings (SSSR count). The van der Waals surface area contributed by atoms with Crippen molar-refractivity contribution in [2.75, 3.05) is 18.4 Å². The van der Waals surface area contributed by atoms with Gasteiger partial charge in [-0.05, 0) is 48.4 Å². The van der Waals surface area contributed by atoms with Crippen LogP contribution in [0.4, 0.5) is 5.69 Å². The second-order valence-corrected chi connectivity index (χ2v) is 5.17. The van der Waals surface area contributed by atoms with Gasteiger partial charge < -0.3 is 15.4 Å². The maximum absolute atomic E-state index is 5.75. The summed E-state index contributed by atoms with van der Waals surface area (Å²) in [7, 11) is 0. The van der Waals surface area contributed by atoms with E-state index in [0.29, 0.717) is 5.92 Å². The Morgan fingerprint density at radius 3 is 2.75 bits per heavy atom. The predicted molar refractivity (Wildman–Crippen MR) is 63.1 cm³/mol. The molecule has 0 spiro atoms. The predicted octanol–water partition coefficient (Wildman–Crippen LogP) is 2.01. The van der Waals surface area contributed by atoms with Crippen LogP contribution in [0, 0.1) is 0 Å². The first-order valence-corrected chi connectivity index (χ1v) is 6.13. The maximum atomic E-state index is 5.75. The topological polar surface area (TPSA) is 33.3 Å². The molecule has 1 saturated heterocycles. The summed E-state index contributed by atoms with van der Waals surface area (Å²) in [5.41, 5.74) is 4.24. The highest BCUT2D eigenvalue weighted by Gasteiger charge is 2.36. The van der Waals surface area contributed by atoms with Crippen LogP contribution in [0.3, 0.4) is 0 Å². The Morgan fingerprint density at radius 1 is 1.19 bits per heavy atom. The summed E-state index contributed by atoms with van der Waals surface area (Å²) in [6.45, 7) is 4.32. The molecule has 1 aromatic rings. The Hall–Kier alpha value is -1.22. The van der Waals surface area contributed by atoms with Crippen LogP contribution in [0.15, 0.2) is 12.1 Å². The van der Waals surface area contributed by atoms with Crippen molar-refractivity contribution in [2.24, 2.45) is 0 Å². The summed E-state index contributed by atoms with van der Waals surface area (Å²) in [6, 6.07) is 4.57. The molecule has 1 fully saturated rings. The number of rotatable bonds is 0. The Labute approximate surface area is 95.2 Å². The second-order valence-electron chi connectivity index (χ2n) is 5.17. The van der Waals surface area contributed by atoms with E-state index in [-0.39, 0.29) is 6.23 Å². The molecule has 0 saturated carbocycles. The van der Waals surface area contributed by atoms with Crippen molar-refractivity contribution in [3.05, 3.63) is 23.3 Å². The fourth-order valence-electron chi connectivity index (χ4n) is 3.38. The first-order valence-electron chi connectivity index (χ1n) is 6.13. The second kappa shape index (κ2) is 2.92. The van der Waals surface area contributed by atoms with Crippen LogP contribution in [0.1, 0.15) is 36.3 Å². The van der Waals surface area contributed by atoms with Gasteiger partial charge in [0.25, 0.3) is 0 Å². The van der Waals surface area contributed by atoms with Crippen molar-refractivity contribution in [3.63, 3.8) is 0 Å². The first-order chi connectivity index (χ1) is 7.81. The number of benzene rings is 1. The molecule has 3 nitrogen and oxygen atoms in total. The molecule has 2 heterocycles. The summed E-state index contributed by atoms with van der Waals surface area (Å²) >= 11 is 0. The quantitative estimate of drug-likeness (QED) is 0.696. The number of hydrogen-bond acceptors (Lipinski definition) is 3. The molecule has 2 bridgehead atoms. The van der Waals surface area contributed by atoms with E-state index in [4.69, 9.17) is 4.74 Å². The zero-order valence-corrected chi connectivity index (χ0v) is 9.42. The summed E-state index contributed by atoms with van der Waals surface area (Å²) in [4.78, 5) is 0. The molecule has 0 amide bonds. The fourth-order valence-corrected chi connectivity index (χ4v) is 3.38. The largest absolute Gasteiger partial charge is 0.469 e. The van der Waals surface area contributed by atoms with E-state index < -0.39 is 0 Å². The molecule has 0 radical (unpaired) electrons. The van der Waals surface area contributed by atoms with Crippen molar-refractivity contribution in [3.8, 4) is 5.75 Å². The lowest BCUT2D eigenvalue weighted by Crippen LogP contribution is -2.28. The summed E-state index contributed by atoms with van der Waals surface area (Å²) in [5, 5.41) is 6.88. The maximum Gasteiger partial charge on any atom is 0.167 e. The summed E-state index contributed by atoms with van der Waals surface area (Å²) < 4.78 is 5.75. The molecule has 1 aromatic carbocycles. The van der Waals surface area contributed by atoms with Crippen LogP contribution in [-0.2, 0) is 0 Å². The van der Waals surface area contributed by atoms with E-state index in [9.17, 15) is 0 Å².